The van der Waals surface area contributed by atoms with E-state index in [1.54, 1.807) is 6.07 Å². The van der Waals surface area contributed by atoms with Crippen molar-refractivity contribution in [2.24, 2.45) is 7.05 Å². The molecule has 0 atom stereocenters. The average molecular weight is 292 g/mol. The first kappa shape index (κ1) is 14.6. The predicted octanol–water partition coefficient (Wildman–Crippen LogP) is -0.410. The molecule has 0 saturated heterocycles. The molecule has 0 aliphatic heterocycles. The van der Waals surface area contributed by atoms with E-state index in [0.29, 0.717) is 17.2 Å². The van der Waals surface area contributed by atoms with Gasteiger partial charge in [-0.05, 0) is 0 Å². The van der Waals surface area contributed by atoms with Crippen LogP contribution in [0.5, 0.6) is 11.5 Å². The van der Waals surface area contributed by atoms with Gasteiger partial charge in [0.15, 0.2) is 11.5 Å². The summed E-state index contributed by atoms with van der Waals surface area (Å²) in [4.78, 5) is 28.2. The predicted molar refractivity (Wildman–Crippen MR) is 76.8 cm³/mol. The number of nitrogens with zero attached hydrogens (tertiary/aromatic N) is 3. The minimum Gasteiger partial charge on any atom is -0.493 e. The molecule has 0 fully saturated rings. The van der Waals surface area contributed by atoms with Crippen LogP contribution in [0.3, 0.4) is 0 Å². The first-order valence-corrected chi connectivity index (χ1v) is 6.11. The number of aryl methyl sites for hydroxylation is 1. The van der Waals surface area contributed by atoms with Gasteiger partial charge in [0.2, 0.25) is 0 Å². The lowest BCUT2D eigenvalue weighted by Gasteiger charge is -2.13. The summed E-state index contributed by atoms with van der Waals surface area (Å²) in [5.74, 6) is 0.840. The lowest BCUT2D eigenvalue weighted by atomic mass is 10.3. The Balaban J connectivity index is 2.59. The third-order valence-electron chi connectivity index (χ3n) is 3.03. The van der Waals surface area contributed by atoms with Crippen molar-refractivity contribution in [3.05, 3.63) is 45.0 Å². The molecule has 0 unspecified atom stereocenters. The van der Waals surface area contributed by atoms with Gasteiger partial charge in [-0.25, -0.2) is 4.79 Å². The number of hydrogen-bond donors (Lipinski definition) is 1. The van der Waals surface area contributed by atoms with Gasteiger partial charge < -0.3 is 19.8 Å². The summed E-state index contributed by atoms with van der Waals surface area (Å²) in [5.41, 5.74) is 4.94. The van der Waals surface area contributed by atoms with Crippen molar-refractivity contribution in [3.8, 4) is 11.5 Å². The molecule has 0 spiro atoms. The average Bonchev–Trinajstić information content (AvgIpc) is 2.49. The Morgan fingerprint density at radius 1 is 1.29 bits per heavy atom. The number of nitrogens with two attached hydrogens (primary N) is 1. The van der Waals surface area contributed by atoms with Crippen LogP contribution in [0.25, 0.3) is 0 Å². The maximum absolute atomic E-state index is 12.1. The van der Waals surface area contributed by atoms with Gasteiger partial charge in [0.05, 0.1) is 20.8 Å². The number of hydrogen-bond acceptors (Lipinski definition) is 6. The summed E-state index contributed by atoms with van der Waals surface area (Å²) < 4.78 is 12.6. The molecular formula is C13H16N4O4. The molecule has 2 heterocycles. The molecule has 0 aliphatic rings. The number of anilines is 1. The smallest absolute Gasteiger partial charge is 0.331 e. The van der Waals surface area contributed by atoms with E-state index in [2.05, 4.69) is 4.98 Å². The molecular weight excluding hydrogens is 276 g/mol. The molecule has 0 aliphatic carbocycles. The van der Waals surface area contributed by atoms with E-state index in [1.807, 2.05) is 0 Å². The Labute approximate surface area is 120 Å². The van der Waals surface area contributed by atoms with Crippen molar-refractivity contribution in [1.29, 1.82) is 0 Å². The van der Waals surface area contributed by atoms with Crippen molar-refractivity contribution in [2.45, 2.75) is 6.54 Å². The molecule has 2 N–H and O–H groups in total. The number of methoxy groups -OCH3 is 2. The van der Waals surface area contributed by atoms with Crippen LogP contribution in [0.1, 0.15) is 5.69 Å². The van der Waals surface area contributed by atoms with Crippen LogP contribution < -0.4 is 26.5 Å². The fourth-order valence-electron chi connectivity index (χ4n) is 2.00. The van der Waals surface area contributed by atoms with E-state index in [1.165, 1.54) is 38.2 Å². The molecule has 0 bridgehead atoms. The Bertz CT molecular complexity index is 744. The zero-order chi connectivity index (χ0) is 15.6. The van der Waals surface area contributed by atoms with Gasteiger partial charge >= 0.3 is 5.69 Å². The normalized spacial score (nSPS) is 10.4. The van der Waals surface area contributed by atoms with Crippen LogP contribution in [0.15, 0.2) is 28.0 Å². The highest BCUT2D eigenvalue weighted by atomic mass is 16.5. The summed E-state index contributed by atoms with van der Waals surface area (Å²) in [6.45, 7) is -0.0586. The van der Waals surface area contributed by atoms with Gasteiger partial charge in [-0.15, -0.1) is 0 Å². The first-order chi connectivity index (χ1) is 9.99. The summed E-state index contributed by atoms with van der Waals surface area (Å²) in [6, 6.07) is 1.63. The highest BCUT2D eigenvalue weighted by Crippen LogP contribution is 2.28. The molecule has 0 aromatic carbocycles. The number of pyridine rings is 1. The molecule has 0 saturated carbocycles. The summed E-state index contributed by atoms with van der Waals surface area (Å²) in [6.07, 6.45) is 2.80. The zero-order valence-electron chi connectivity index (χ0n) is 12.0. The van der Waals surface area contributed by atoms with Gasteiger partial charge in [-0.1, -0.05) is 0 Å². The molecule has 8 heteroatoms. The minimum atomic E-state index is -0.565. The molecule has 8 nitrogen and oxygen atoms in total. The third-order valence-corrected chi connectivity index (χ3v) is 3.03. The van der Waals surface area contributed by atoms with Crippen molar-refractivity contribution >= 4 is 5.69 Å². The largest absolute Gasteiger partial charge is 0.493 e. The quantitative estimate of drug-likeness (QED) is 0.822. The second-order valence-electron chi connectivity index (χ2n) is 4.36. The maximum atomic E-state index is 12.1. The van der Waals surface area contributed by atoms with Crippen molar-refractivity contribution in [1.82, 2.24) is 14.1 Å². The monoisotopic (exact) mass is 292 g/mol. The van der Waals surface area contributed by atoms with E-state index in [-0.39, 0.29) is 12.2 Å². The van der Waals surface area contributed by atoms with Gasteiger partial charge in [0.25, 0.3) is 5.56 Å². The Kier molecular flexibility index (Phi) is 3.97. The van der Waals surface area contributed by atoms with Crippen molar-refractivity contribution in [2.75, 3.05) is 20.0 Å². The van der Waals surface area contributed by atoms with Crippen LogP contribution in [-0.4, -0.2) is 28.3 Å². The van der Waals surface area contributed by atoms with Gasteiger partial charge in [-0.3, -0.25) is 14.3 Å². The Morgan fingerprint density at radius 3 is 2.62 bits per heavy atom. The van der Waals surface area contributed by atoms with Crippen LogP contribution in [0, 0.1) is 0 Å². The van der Waals surface area contributed by atoms with Gasteiger partial charge in [0.1, 0.15) is 11.4 Å². The molecule has 112 valence electrons. The fraction of sp³-hybridized carbons (Fsp3) is 0.308. The van der Waals surface area contributed by atoms with Crippen molar-refractivity contribution < 1.29 is 9.47 Å². The van der Waals surface area contributed by atoms with E-state index in [9.17, 15) is 9.59 Å². The second-order valence-corrected chi connectivity index (χ2v) is 4.36. The second kappa shape index (κ2) is 5.70. The third kappa shape index (κ3) is 2.60. The van der Waals surface area contributed by atoms with E-state index in [0.717, 1.165) is 4.57 Å². The van der Waals surface area contributed by atoms with Gasteiger partial charge in [0, 0.05) is 25.5 Å². The van der Waals surface area contributed by atoms with E-state index in [4.69, 9.17) is 15.2 Å². The number of aromatic nitrogens is 3. The van der Waals surface area contributed by atoms with Crippen molar-refractivity contribution in [3.63, 3.8) is 0 Å². The number of nitrogen functional groups attached to an aromatic ring is 1. The molecule has 2 rings (SSSR count). The molecule has 2 aromatic heterocycles. The first-order valence-electron chi connectivity index (χ1n) is 6.11. The maximum Gasteiger partial charge on any atom is 0.331 e. The topological polar surface area (TPSA) is 101 Å². The highest BCUT2D eigenvalue weighted by molar-refractivity contribution is 5.43. The molecule has 0 radical (unpaired) electrons. The van der Waals surface area contributed by atoms with Crippen LogP contribution in [-0.2, 0) is 13.6 Å². The lowest BCUT2D eigenvalue weighted by Crippen LogP contribution is -2.40. The molecule has 21 heavy (non-hydrogen) atoms. The summed E-state index contributed by atoms with van der Waals surface area (Å²) in [5, 5.41) is 0. The standard InChI is InChI=1S/C13H16N4O4/c1-16-6-8(14)12(18)17(13(16)19)7-9-11(21-3)10(20-2)4-5-15-9/h4-6H,7,14H2,1-3H3. The zero-order valence-corrected chi connectivity index (χ0v) is 12.0. The lowest BCUT2D eigenvalue weighted by molar-refractivity contribution is 0.348. The SMILES string of the molecule is COc1ccnc(Cn2c(=O)c(N)cn(C)c2=O)c1OC. The van der Waals surface area contributed by atoms with Crippen LogP contribution in [0.2, 0.25) is 0 Å². The van der Waals surface area contributed by atoms with Crippen LogP contribution in [0.4, 0.5) is 5.69 Å². The Morgan fingerprint density at radius 2 is 2.00 bits per heavy atom. The number of rotatable bonds is 4. The van der Waals surface area contributed by atoms with E-state index < -0.39 is 11.2 Å². The summed E-state index contributed by atoms with van der Waals surface area (Å²) >= 11 is 0. The Hall–Kier alpha value is -2.77. The van der Waals surface area contributed by atoms with Crippen LogP contribution >= 0.6 is 0 Å². The molecule has 0 amide bonds. The number of ether oxygens (including phenoxy) is 2. The van der Waals surface area contributed by atoms with E-state index >= 15 is 0 Å². The minimum absolute atomic E-state index is 0.0148. The van der Waals surface area contributed by atoms with Gasteiger partial charge in [-0.2, -0.15) is 0 Å². The molecule has 2 aromatic rings. The highest BCUT2D eigenvalue weighted by Gasteiger charge is 2.15. The summed E-state index contributed by atoms with van der Waals surface area (Å²) in [7, 11) is 4.47. The fourth-order valence-corrected chi connectivity index (χ4v) is 2.00.